The molecule has 1 atom stereocenters. The Balaban J connectivity index is 1.64. The Morgan fingerprint density at radius 3 is 1.14 bits per heavy atom. The predicted molar refractivity (Wildman–Crippen MR) is 249 cm³/mol. The monoisotopic (exact) mass is 811 g/mol. The molecule has 0 heterocycles. The molecule has 0 aliphatic heterocycles. The normalized spacial score (nSPS) is 13.8. The molecular weight excluding hydrogens is 751 g/mol. The highest BCUT2D eigenvalue weighted by Gasteiger charge is 2.50. The lowest BCUT2D eigenvalue weighted by molar-refractivity contribution is 0.291. The largest absolute Gasteiger partial charge is 0.584 e. The molecule has 0 bridgehead atoms. The fraction of sp³-hybridized carbons (Fsp3) is 0.308. The van der Waals surface area contributed by atoms with Gasteiger partial charge in [-0.15, -0.1) is 0 Å². The van der Waals surface area contributed by atoms with Crippen molar-refractivity contribution in [3.63, 3.8) is 0 Å². The van der Waals surface area contributed by atoms with E-state index >= 15 is 0 Å². The average Bonchev–Trinajstić information content (AvgIpc) is 3.15. The van der Waals surface area contributed by atoms with Crippen LogP contribution in [0.3, 0.4) is 0 Å². The van der Waals surface area contributed by atoms with Gasteiger partial charge in [0.15, 0.2) is 0 Å². The first-order chi connectivity index (χ1) is 27.0. The summed E-state index contributed by atoms with van der Waals surface area (Å²) in [6, 6.07) is 51.2. The summed E-state index contributed by atoms with van der Waals surface area (Å²) in [5.74, 6) is 0.504. The predicted octanol–water partition coefficient (Wildman–Crippen LogP) is 12.7. The van der Waals surface area contributed by atoms with Crippen molar-refractivity contribution in [3.8, 4) is 22.6 Å². The van der Waals surface area contributed by atoms with Crippen LogP contribution in [0.4, 0.5) is 0 Å². The third-order valence-electron chi connectivity index (χ3n) is 10.9. The second kappa shape index (κ2) is 16.0. The smallest absolute Gasteiger partial charge is 0.395 e. The van der Waals surface area contributed by atoms with Gasteiger partial charge < -0.3 is 9.05 Å². The van der Waals surface area contributed by atoms with Crippen molar-refractivity contribution in [2.45, 2.75) is 105 Å². The lowest BCUT2D eigenvalue weighted by atomic mass is 9.85. The molecule has 4 nitrogen and oxygen atoms in total. The van der Waals surface area contributed by atoms with Gasteiger partial charge in [0.05, 0.1) is 0 Å². The molecule has 6 heteroatoms. The van der Waals surface area contributed by atoms with Crippen LogP contribution in [-0.2, 0) is 26.2 Å². The first-order valence-electron chi connectivity index (χ1n) is 20.2. The third kappa shape index (κ3) is 9.37. The number of hydrogen-bond acceptors (Lipinski definition) is 3. The van der Waals surface area contributed by atoms with Gasteiger partial charge in [-0.3, -0.25) is 4.89 Å². The highest BCUT2D eigenvalue weighted by atomic mass is 31.2. The zero-order valence-electron chi connectivity index (χ0n) is 36.4. The standard InChI is InChI=1S/C52H60O4P2/c1-49(2,3)38-20-29-44(30-21-38)57(45-31-22-39(23-32-45)50(4,5)6,46-33-24-40(25-34-46)51(7,8)9)48-35-26-41(52(10,11)12)36-47(48)37-18-27-43(28-19-37)56-58(53,54)55-42-16-14-13-15-17-42/h13-36H,1-12H3/p+1. The van der Waals surface area contributed by atoms with Crippen molar-refractivity contribution in [3.05, 3.63) is 168 Å². The van der Waals surface area contributed by atoms with Gasteiger partial charge in [-0.2, -0.15) is 0 Å². The van der Waals surface area contributed by atoms with Crippen LogP contribution in [-0.4, -0.2) is 4.89 Å². The van der Waals surface area contributed by atoms with E-state index in [4.69, 9.17) is 9.05 Å². The van der Waals surface area contributed by atoms with Crippen molar-refractivity contribution in [2.75, 3.05) is 0 Å². The fourth-order valence-corrected chi connectivity index (χ4v) is 12.6. The molecule has 0 aliphatic carbocycles. The summed E-state index contributed by atoms with van der Waals surface area (Å²) in [7, 11) is -7.07. The highest BCUT2D eigenvalue weighted by molar-refractivity contribution is 8.01. The number of benzene rings is 6. The van der Waals surface area contributed by atoms with Crippen LogP contribution in [0.25, 0.3) is 11.1 Å². The summed E-state index contributed by atoms with van der Waals surface area (Å²) in [6.45, 7) is 27.1. The van der Waals surface area contributed by atoms with E-state index in [0.29, 0.717) is 0 Å². The average molecular weight is 812 g/mol. The van der Waals surface area contributed by atoms with Crippen LogP contribution in [0, 0.1) is 0 Å². The lowest BCUT2D eigenvalue weighted by Gasteiger charge is -2.32. The number of phosphoric acid groups is 1. The molecule has 1 N–H and O–H groups in total. The van der Waals surface area contributed by atoms with Gasteiger partial charge in [0.25, 0.3) is 0 Å². The summed E-state index contributed by atoms with van der Waals surface area (Å²) in [4.78, 5) is 10.7. The second-order valence-corrected chi connectivity index (χ2v) is 24.2. The van der Waals surface area contributed by atoms with Crippen molar-refractivity contribution < 1.29 is 18.5 Å². The second-order valence-electron chi connectivity index (χ2n) is 19.5. The van der Waals surface area contributed by atoms with Gasteiger partial charge in [0.1, 0.15) is 40.0 Å². The van der Waals surface area contributed by atoms with E-state index < -0.39 is 15.1 Å². The summed E-state index contributed by atoms with van der Waals surface area (Å²) in [5.41, 5.74) is 7.05. The lowest BCUT2D eigenvalue weighted by Crippen LogP contribution is -2.40. The van der Waals surface area contributed by atoms with E-state index in [1.807, 2.05) is 18.2 Å². The molecule has 0 spiro atoms. The Morgan fingerprint density at radius 1 is 0.431 bits per heavy atom. The van der Waals surface area contributed by atoms with E-state index in [-0.39, 0.29) is 33.2 Å². The summed E-state index contributed by atoms with van der Waals surface area (Å²) in [5, 5.41) is 5.06. The molecular formula is C52H61O4P2+. The van der Waals surface area contributed by atoms with E-state index in [1.54, 1.807) is 36.4 Å². The molecule has 0 saturated heterocycles. The third-order valence-corrected chi connectivity index (χ3v) is 16.1. The molecule has 6 aromatic carbocycles. The van der Waals surface area contributed by atoms with Crippen LogP contribution < -0.4 is 30.3 Å². The topological polar surface area (TPSA) is 55.8 Å². The molecule has 1 unspecified atom stereocenters. The van der Waals surface area contributed by atoms with E-state index in [1.165, 1.54) is 43.5 Å². The minimum absolute atomic E-state index is 0.00362. The van der Waals surface area contributed by atoms with Gasteiger partial charge in [-0.25, -0.2) is 4.57 Å². The Labute approximate surface area is 348 Å². The number of para-hydroxylation sites is 1. The maximum absolute atomic E-state index is 13.1. The molecule has 0 fully saturated rings. The van der Waals surface area contributed by atoms with Crippen LogP contribution in [0.5, 0.6) is 11.5 Å². The first kappa shape index (κ1) is 43.1. The van der Waals surface area contributed by atoms with Gasteiger partial charge in [-0.1, -0.05) is 156 Å². The van der Waals surface area contributed by atoms with Crippen LogP contribution in [0.1, 0.15) is 105 Å². The fourth-order valence-electron chi connectivity index (χ4n) is 7.41. The van der Waals surface area contributed by atoms with Crippen molar-refractivity contribution >= 4 is 36.3 Å². The molecule has 6 rings (SSSR count). The Bertz CT molecular complexity index is 2230. The zero-order chi connectivity index (χ0) is 42.3. The summed E-state index contributed by atoms with van der Waals surface area (Å²) >= 11 is 0. The first-order valence-corrected chi connectivity index (χ1v) is 23.5. The number of phosphoric ester groups is 1. The molecule has 58 heavy (non-hydrogen) atoms. The van der Waals surface area contributed by atoms with Gasteiger partial charge in [-0.05, 0) is 122 Å². The summed E-state index contributed by atoms with van der Waals surface area (Å²) < 4.78 is 24.0. The van der Waals surface area contributed by atoms with Crippen LogP contribution in [0.15, 0.2) is 146 Å². The van der Waals surface area contributed by atoms with Crippen LogP contribution in [0.2, 0.25) is 0 Å². The summed E-state index contributed by atoms with van der Waals surface area (Å²) in [6.07, 6.45) is 0. The molecule has 0 aliphatic rings. The van der Waals surface area contributed by atoms with Gasteiger partial charge in [0.2, 0.25) is 0 Å². The number of rotatable bonds is 9. The maximum Gasteiger partial charge on any atom is 0.584 e. The number of hydrogen-bond donors (Lipinski definition) is 1. The van der Waals surface area contributed by atoms with E-state index in [2.05, 4.69) is 174 Å². The maximum atomic E-state index is 13.1. The molecule has 0 radical (unpaired) electrons. The molecule has 0 saturated carbocycles. The molecule has 302 valence electrons. The molecule has 0 aromatic heterocycles. The zero-order valence-corrected chi connectivity index (χ0v) is 38.2. The molecule has 6 aromatic rings. The molecule has 0 amide bonds. The Morgan fingerprint density at radius 2 is 0.776 bits per heavy atom. The Hall–Kier alpha value is -4.46. The van der Waals surface area contributed by atoms with Crippen molar-refractivity contribution in [2.24, 2.45) is 0 Å². The minimum atomic E-state index is -4.45. The van der Waals surface area contributed by atoms with Gasteiger partial charge >= 0.3 is 7.82 Å². The Kier molecular flexibility index (Phi) is 11.9. The highest BCUT2D eigenvalue weighted by Crippen LogP contribution is 2.57. The minimum Gasteiger partial charge on any atom is -0.395 e. The van der Waals surface area contributed by atoms with E-state index in [9.17, 15) is 9.46 Å². The van der Waals surface area contributed by atoms with Gasteiger partial charge in [0, 0.05) is 5.56 Å². The van der Waals surface area contributed by atoms with Crippen molar-refractivity contribution in [1.29, 1.82) is 0 Å². The van der Waals surface area contributed by atoms with Crippen molar-refractivity contribution in [1.82, 2.24) is 0 Å². The van der Waals surface area contributed by atoms with E-state index in [0.717, 1.165) is 11.1 Å². The quantitative estimate of drug-likeness (QED) is 0.148. The SMILES string of the molecule is CC(C)(C)c1ccc([P+](c2ccc(C(C)(C)C)cc2)(c2ccc(C(C)(C)C)cc2)c2ccc(C(C)(C)C)cc2-c2ccc(OP(=O)(O)Oc3ccccc3)cc2)cc1. The van der Waals surface area contributed by atoms with Crippen LogP contribution >= 0.6 is 15.1 Å².